The molecule has 0 fully saturated rings. The highest BCUT2D eigenvalue weighted by atomic mass is 19.1. The van der Waals surface area contributed by atoms with E-state index in [-0.39, 0.29) is 5.82 Å². The Balaban J connectivity index is 0.000000686. The average molecular weight is 234 g/mol. The molecule has 92 valence electrons. The van der Waals surface area contributed by atoms with Crippen LogP contribution in [-0.4, -0.2) is 9.55 Å². The van der Waals surface area contributed by atoms with Crippen LogP contribution in [0.3, 0.4) is 0 Å². The van der Waals surface area contributed by atoms with E-state index in [0.717, 1.165) is 5.56 Å². The van der Waals surface area contributed by atoms with Crippen molar-refractivity contribution < 1.29 is 4.39 Å². The molecule has 0 atom stereocenters. The molecule has 0 amide bonds. The van der Waals surface area contributed by atoms with E-state index in [1.165, 1.54) is 0 Å². The third-order valence-electron chi connectivity index (χ3n) is 2.42. The van der Waals surface area contributed by atoms with E-state index >= 15 is 0 Å². The van der Waals surface area contributed by atoms with Crippen molar-refractivity contribution in [3.05, 3.63) is 48.3 Å². The van der Waals surface area contributed by atoms with Gasteiger partial charge in [-0.05, 0) is 23.6 Å². The van der Waals surface area contributed by atoms with Crippen molar-refractivity contribution in [1.82, 2.24) is 9.55 Å². The van der Waals surface area contributed by atoms with Crippen molar-refractivity contribution in [3.63, 3.8) is 0 Å². The number of imidazole rings is 1. The third-order valence-corrected chi connectivity index (χ3v) is 2.42. The molecule has 0 saturated carbocycles. The van der Waals surface area contributed by atoms with Crippen LogP contribution in [0.5, 0.6) is 0 Å². The van der Waals surface area contributed by atoms with Crippen LogP contribution in [0.25, 0.3) is 5.69 Å². The lowest BCUT2D eigenvalue weighted by molar-refractivity contribution is 0.613. The van der Waals surface area contributed by atoms with Gasteiger partial charge in [0.05, 0.1) is 12.0 Å². The fraction of sp³-hybridized carbons (Fsp3) is 0.357. The second-order valence-electron chi connectivity index (χ2n) is 3.84. The van der Waals surface area contributed by atoms with Crippen molar-refractivity contribution in [2.24, 2.45) is 0 Å². The summed E-state index contributed by atoms with van der Waals surface area (Å²) in [6.45, 7) is 8.09. The zero-order valence-corrected chi connectivity index (χ0v) is 10.8. The molecular weight excluding hydrogens is 215 g/mol. The number of hydrogen-bond donors (Lipinski definition) is 0. The number of aromatic nitrogens is 2. The number of benzene rings is 1. The Hall–Kier alpha value is -1.64. The lowest BCUT2D eigenvalue weighted by Crippen LogP contribution is -1.97. The minimum absolute atomic E-state index is 0.209. The summed E-state index contributed by atoms with van der Waals surface area (Å²) in [6, 6.07) is 5.31. The molecule has 3 heteroatoms. The lowest BCUT2D eigenvalue weighted by atomic mass is 10.0. The maximum atomic E-state index is 13.7. The normalized spacial score (nSPS) is 10.0. The van der Waals surface area contributed by atoms with Crippen LogP contribution in [0.1, 0.15) is 39.2 Å². The van der Waals surface area contributed by atoms with Gasteiger partial charge < -0.3 is 4.57 Å². The standard InChI is InChI=1S/C12H13FN2.C2H6/c1-9(2)10-3-4-12(11(13)7-10)15-6-5-14-8-15;1-2/h3-9H,1-2H3;1-2H3. The molecule has 1 aromatic carbocycles. The Morgan fingerprint density at radius 2 is 1.94 bits per heavy atom. The molecule has 1 aromatic heterocycles. The van der Waals surface area contributed by atoms with Crippen LogP contribution in [0, 0.1) is 5.82 Å². The summed E-state index contributed by atoms with van der Waals surface area (Å²) in [4.78, 5) is 3.89. The zero-order valence-electron chi connectivity index (χ0n) is 10.8. The summed E-state index contributed by atoms with van der Waals surface area (Å²) in [5, 5.41) is 0. The fourth-order valence-corrected chi connectivity index (χ4v) is 1.49. The number of nitrogens with zero attached hydrogens (tertiary/aromatic N) is 2. The lowest BCUT2D eigenvalue weighted by Gasteiger charge is -2.08. The Labute approximate surface area is 102 Å². The van der Waals surface area contributed by atoms with E-state index in [1.807, 2.05) is 33.8 Å². The fourth-order valence-electron chi connectivity index (χ4n) is 1.49. The molecule has 0 N–H and O–H groups in total. The highest BCUT2D eigenvalue weighted by molar-refractivity contribution is 5.37. The van der Waals surface area contributed by atoms with Crippen LogP contribution in [-0.2, 0) is 0 Å². The topological polar surface area (TPSA) is 17.8 Å². The summed E-state index contributed by atoms with van der Waals surface area (Å²) in [5.41, 5.74) is 1.55. The van der Waals surface area contributed by atoms with Crippen LogP contribution in [0.2, 0.25) is 0 Å². The monoisotopic (exact) mass is 234 g/mol. The largest absolute Gasteiger partial charge is 0.303 e. The van der Waals surface area contributed by atoms with Gasteiger partial charge in [-0.25, -0.2) is 9.37 Å². The molecule has 0 saturated heterocycles. The highest BCUT2D eigenvalue weighted by Crippen LogP contribution is 2.20. The molecule has 2 aromatic rings. The quantitative estimate of drug-likeness (QED) is 0.762. The smallest absolute Gasteiger partial charge is 0.147 e. The predicted molar refractivity (Wildman–Crippen MR) is 69.0 cm³/mol. The van der Waals surface area contributed by atoms with E-state index < -0.39 is 0 Å². The number of halogens is 1. The molecule has 0 aliphatic heterocycles. The van der Waals surface area contributed by atoms with Gasteiger partial charge in [0.2, 0.25) is 0 Å². The van der Waals surface area contributed by atoms with Gasteiger partial charge in [-0.15, -0.1) is 0 Å². The number of rotatable bonds is 2. The minimum Gasteiger partial charge on any atom is -0.303 e. The molecule has 0 radical (unpaired) electrons. The maximum Gasteiger partial charge on any atom is 0.147 e. The van der Waals surface area contributed by atoms with E-state index in [4.69, 9.17) is 0 Å². The van der Waals surface area contributed by atoms with E-state index in [1.54, 1.807) is 35.4 Å². The van der Waals surface area contributed by atoms with Crippen LogP contribution >= 0.6 is 0 Å². The summed E-state index contributed by atoms with van der Waals surface area (Å²) in [7, 11) is 0. The van der Waals surface area contributed by atoms with Gasteiger partial charge in [-0.2, -0.15) is 0 Å². The molecular formula is C14H19FN2. The van der Waals surface area contributed by atoms with Crippen LogP contribution in [0.4, 0.5) is 4.39 Å². The SMILES string of the molecule is CC.CC(C)c1ccc(-n2ccnc2)c(F)c1. The first kappa shape index (κ1) is 13.4. The zero-order chi connectivity index (χ0) is 12.8. The Bertz CT molecular complexity index is 447. The Morgan fingerprint density at radius 3 is 2.41 bits per heavy atom. The second kappa shape index (κ2) is 6.18. The molecule has 2 nitrogen and oxygen atoms in total. The van der Waals surface area contributed by atoms with Crippen molar-refractivity contribution in [1.29, 1.82) is 0 Å². The van der Waals surface area contributed by atoms with Gasteiger partial charge >= 0.3 is 0 Å². The molecule has 0 bridgehead atoms. The molecule has 0 aliphatic carbocycles. The Morgan fingerprint density at radius 1 is 1.24 bits per heavy atom. The first-order valence-electron chi connectivity index (χ1n) is 5.96. The van der Waals surface area contributed by atoms with Crippen molar-refractivity contribution >= 4 is 0 Å². The first-order chi connectivity index (χ1) is 8.18. The summed E-state index contributed by atoms with van der Waals surface area (Å²) in [5.74, 6) is 0.135. The third kappa shape index (κ3) is 3.16. The molecule has 2 rings (SSSR count). The Kier molecular flexibility index (Phi) is 4.88. The van der Waals surface area contributed by atoms with E-state index in [0.29, 0.717) is 11.6 Å². The summed E-state index contributed by atoms with van der Waals surface area (Å²) in [6.07, 6.45) is 4.96. The van der Waals surface area contributed by atoms with Crippen LogP contribution in [0.15, 0.2) is 36.9 Å². The van der Waals surface area contributed by atoms with Gasteiger partial charge in [0.1, 0.15) is 5.82 Å². The minimum atomic E-state index is -0.209. The summed E-state index contributed by atoms with van der Waals surface area (Å²) < 4.78 is 15.4. The van der Waals surface area contributed by atoms with E-state index in [9.17, 15) is 4.39 Å². The molecule has 0 unspecified atom stereocenters. The van der Waals surface area contributed by atoms with Gasteiger partial charge in [-0.3, -0.25) is 0 Å². The maximum absolute atomic E-state index is 13.7. The number of hydrogen-bond acceptors (Lipinski definition) is 1. The van der Waals surface area contributed by atoms with Gasteiger partial charge in [0.25, 0.3) is 0 Å². The molecule has 1 heterocycles. The molecule has 17 heavy (non-hydrogen) atoms. The van der Waals surface area contributed by atoms with Gasteiger partial charge in [0.15, 0.2) is 0 Å². The molecule has 0 spiro atoms. The van der Waals surface area contributed by atoms with Gasteiger partial charge in [0, 0.05) is 12.4 Å². The van der Waals surface area contributed by atoms with Crippen molar-refractivity contribution in [2.45, 2.75) is 33.6 Å². The summed E-state index contributed by atoms with van der Waals surface area (Å²) >= 11 is 0. The highest BCUT2D eigenvalue weighted by Gasteiger charge is 2.06. The predicted octanol–water partition coefficient (Wildman–Crippen LogP) is 4.16. The van der Waals surface area contributed by atoms with Gasteiger partial charge in [-0.1, -0.05) is 33.8 Å². The van der Waals surface area contributed by atoms with Crippen molar-refractivity contribution in [3.8, 4) is 5.69 Å². The second-order valence-corrected chi connectivity index (χ2v) is 3.84. The van der Waals surface area contributed by atoms with Crippen molar-refractivity contribution in [2.75, 3.05) is 0 Å². The van der Waals surface area contributed by atoms with E-state index in [2.05, 4.69) is 4.98 Å². The van der Waals surface area contributed by atoms with Crippen LogP contribution < -0.4 is 0 Å². The first-order valence-corrected chi connectivity index (χ1v) is 5.96. The average Bonchev–Trinajstić information content (AvgIpc) is 2.85. The molecule has 0 aliphatic rings.